The lowest BCUT2D eigenvalue weighted by Gasteiger charge is -2.12. The highest BCUT2D eigenvalue weighted by atomic mass is 35.6. The lowest BCUT2D eigenvalue weighted by Crippen LogP contribution is -2.25. The first-order valence-corrected chi connectivity index (χ1v) is 9.17. The van der Waals surface area contributed by atoms with Crippen molar-refractivity contribution in [2.24, 2.45) is 0 Å². The lowest BCUT2D eigenvalue weighted by molar-refractivity contribution is -0.131. The van der Waals surface area contributed by atoms with Crippen LogP contribution >= 0.6 is 46.6 Å². The second kappa shape index (κ2) is 6.93. The van der Waals surface area contributed by atoms with Crippen LogP contribution in [0.15, 0.2) is 54.6 Å². The highest BCUT2D eigenvalue weighted by Gasteiger charge is 2.36. The van der Waals surface area contributed by atoms with E-state index in [0.717, 1.165) is 38.9 Å². The highest BCUT2D eigenvalue weighted by molar-refractivity contribution is 8.14. The van der Waals surface area contributed by atoms with Gasteiger partial charge >= 0.3 is 0 Å². The monoisotopic (exact) mass is 396 g/mol. The van der Waals surface area contributed by atoms with Gasteiger partial charge in [-0.3, -0.25) is 9.59 Å². The Morgan fingerprint density at radius 3 is 1.88 bits per heavy atom. The third kappa shape index (κ3) is 3.55. The van der Waals surface area contributed by atoms with Gasteiger partial charge in [-0.25, -0.2) is 0 Å². The molecule has 0 aliphatic carbocycles. The molecule has 3 aromatic carbocycles. The predicted octanol–water partition coefficient (Wildman–Crippen LogP) is 5.69. The molecule has 24 heavy (non-hydrogen) atoms. The number of carbonyl (C=O) groups excluding carboxylic acids is 2. The fourth-order valence-corrected chi connectivity index (χ4v) is 3.88. The molecule has 3 aromatic rings. The Morgan fingerprint density at radius 2 is 1.38 bits per heavy atom. The van der Waals surface area contributed by atoms with Crippen molar-refractivity contribution in [2.45, 2.75) is 9.55 Å². The molecular formula is C18H11Cl3O2S. The van der Waals surface area contributed by atoms with Gasteiger partial charge in [-0.05, 0) is 33.2 Å². The summed E-state index contributed by atoms with van der Waals surface area (Å²) in [5, 5.41) is 3.47. The van der Waals surface area contributed by atoms with Crippen molar-refractivity contribution in [1.29, 1.82) is 0 Å². The molecule has 6 heteroatoms. The molecule has 0 saturated heterocycles. The molecule has 0 atom stereocenters. The molecule has 0 aromatic heterocycles. The first-order valence-electron chi connectivity index (χ1n) is 7.05. The molecule has 0 heterocycles. The number of Topliss-reactive ketones (excluding diaryl/α,β-unsaturated/α-hetero) is 1. The number of fused-ring (bicyclic) bond motifs is 2. The molecule has 0 bridgehead atoms. The van der Waals surface area contributed by atoms with Crippen LogP contribution in [-0.2, 0) is 15.3 Å². The largest absolute Gasteiger partial charge is 0.285 e. The minimum Gasteiger partial charge on any atom is -0.285 e. The van der Waals surface area contributed by atoms with Gasteiger partial charge in [-0.2, -0.15) is 0 Å². The van der Waals surface area contributed by atoms with Gasteiger partial charge < -0.3 is 0 Å². The summed E-state index contributed by atoms with van der Waals surface area (Å²) in [5.74, 6) is -0.699. The molecular weight excluding hydrogens is 387 g/mol. The van der Waals surface area contributed by atoms with E-state index in [-0.39, 0.29) is 0 Å². The molecule has 2 nitrogen and oxygen atoms in total. The summed E-state index contributed by atoms with van der Waals surface area (Å²) in [4.78, 5) is 23.7. The Balaban J connectivity index is 2.01. The Hall–Kier alpha value is -1.26. The summed E-state index contributed by atoms with van der Waals surface area (Å²) in [6.07, 6.45) is 0. The summed E-state index contributed by atoms with van der Waals surface area (Å²) >= 11 is 17.3. The van der Waals surface area contributed by atoms with E-state index in [9.17, 15) is 9.59 Å². The molecule has 3 rings (SSSR count). The van der Waals surface area contributed by atoms with Gasteiger partial charge in [-0.1, -0.05) is 95.1 Å². The Morgan fingerprint density at radius 1 is 0.875 bits per heavy atom. The van der Waals surface area contributed by atoms with Crippen molar-refractivity contribution in [3.05, 3.63) is 60.2 Å². The number of carbonyl (C=O) groups is 2. The van der Waals surface area contributed by atoms with E-state index in [1.165, 1.54) is 0 Å². The standard InChI is InChI=1S/C18H11Cl3O2S/c19-18(20,21)16(22)17(23)24-10-15-13-7-3-1-5-11(13)9-12-6-2-4-8-14(12)15/h1-9H,10H2. The average Bonchev–Trinajstić information content (AvgIpc) is 2.56. The molecule has 0 N–H and O–H groups in total. The van der Waals surface area contributed by atoms with Crippen molar-refractivity contribution in [3.63, 3.8) is 0 Å². The zero-order valence-electron chi connectivity index (χ0n) is 12.3. The summed E-state index contributed by atoms with van der Waals surface area (Å²) in [7, 11) is 0. The average molecular weight is 398 g/mol. The van der Waals surface area contributed by atoms with Gasteiger partial charge in [0, 0.05) is 5.75 Å². The van der Waals surface area contributed by atoms with E-state index in [1.54, 1.807) is 0 Å². The number of halogens is 3. The summed E-state index contributed by atoms with van der Waals surface area (Å²) in [6, 6.07) is 18.0. The van der Waals surface area contributed by atoms with Crippen LogP contribution in [0.25, 0.3) is 21.5 Å². The molecule has 0 saturated carbocycles. The van der Waals surface area contributed by atoms with E-state index in [4.69, 9.17) is 34.8 Å². The Kier molecular flexibility index (Phi) is 5.07. The quantitative estimate of drug-likeness (QED) is 0.323. The maximum atomic E-state index is 12.0. The maximum absolute atomic E-state index is 12.0. The van der Waals surface area contributed by atoms with E-state index in [1.807, 2.05) is 48.5 Å². The molecule has 0 fully saturated rings. The first kappa shape index (κ1) is 17.6. The van der Waals surface area contributed by atoms with Crippen LogP contribution in [0.3, 0.4) is 0 Å². The van der Waals surface area contributed by atoms with Crippen LogP contribution in [0.4, 0.5) is 0 Å². The Bertz CT molecular complexity index is 894. The number of ketones is 1. The van der Waals surface area contributed by atoms with Crippen molar-refractivity contribution in [3.8, 4) is 0 Å². The maximum Gasteiger partial charge on any atom is 0.260 e. The van der Waals surface area contributed by atoms with Crippen molar-refractivity contribution in [1.82, 2.24) is 0 Å². The van der Waals surface area contributed by atoms with Gasteiger partial charge in [0.15, 0.2) is 0 Å². The van der Waals surface area contributed by atoms with E-state index < -0.39 is 14.7 Å². The summed E-state index contributed by atoms with van der Waals surface area (Å²) < 4.78 is -2.22. The van der Waals surface area contributed by atoms with Crippen molar-refractivity contribution >= 4 is 79.0 Å². The molecule has 0 spiro atoms. The highest BCUT2D eigenvalue weighted by Crippen LogP contribution is 2.33. The summed E-state index contributed by atoms with van der Waals surface area (Å²) in [5.41, 5.74) is 0.985. The number of hydrogen-bond donors (Lipinski definition) is 0. The second-order valence-electron chi connectivity index (χ2n) is 5.20. The molecule has 0 radical (unpaired) electrons. The minimum atomic E-state index is -2.22. The number of benzene rings is 3. The minimum absolute atomic E-state index is 0.327. The Labute approximate surface area is 158 Å². The predicted molar refractivity (Wildman–Crippen MR) is 103 cm³/mol. The van der Waals surface area contributed by atoms with Crippen LogP contribution < -0.4 is 0 Å². The fraction of sp³-hybridized carbons (Fsp3) is 0.111. The van der Waals surface area contributed by atoms with E-state index >= 15 is 0 Å². The molecule has 0 aliphatic heterocycles. The normalized spacial score (nSPS) is 11.8. The van der Waals surface area contributed by atoms with Gasteiger partial charge in [0.1, 0.15) is 0 Å². The fourth-order valence-electron chi connectivity index (χ4n) is 2.58. The second-order valence-corrected chi connectivity index (χ2v) is 8.43. The van der Waals surface area contributed by atoms with Crippen LogP contribution in [-0.4, -0.2) is 14.7 Å². The van der Waals surface area contributed by atoms with Crippen LogP contribution in [0, 0.1) is 0 Å². The van der Waals surface area contributed by atoms with Crippen molar-refractivity contribution < 1.29 is 9.59 Å². The molecule has 0 unspecified atom stereocenters. The van der Waals surface area contributed by atoms with Crippen LogP contribution in [0.2, 0.25) is 0 Å². The number of alkyl halides is 3. The third-order valence-electron chi connectivity index (χ3n) is 3.67. The molecule has 0 aliphatic rings. The third-order valence-corrected chi connectivity index (χ3v) is 5.07. The summed E-state index contributed by atoms with van der Waals surface area (Å²) in [6.45, 7) is 0. The van der Waals surface area contributed by atoms with Gasteiger partial charge in [-0.15, -0.1) is 0 Å². The smallest absolute Gasteiger partial charge is 0.260 e. The van der Waals surface area contributed by atoms with Gasteiger partial charge in [0.25, 0.3) is 14.7 Å². The van der Waals surface area contributed by atoms with Crippen LogP contribution in [0.1, 0.15) is 5.56 Å². The SMILES string of the molecule is O=C(SCc1c2ccccc2cc2ccccc12)C(=O)C(Cl)(Cl)Cl. The first-order chi connectivity index (χ1) is 11.4. The zero-order valence-corrected chi connectivity index (χ0v) is 15.3. The number of hydrogen-bond acceptors (Lipinski definition) is 3. The number of thioether (sulfide) groups is 1. The molecule has 0 amide bonds. The van der Waals surface area contributed by atoms with Gasteiger partial charge in [0.2, 0.25) is 0 Å². The van der Waals surface area contributed by atoms with E-state index in [0.29, 0.717) is 5.75 Å². The van der Waals surface area contributed by atoms with Gasteiger partial charge in [0.05, 0.1) is 0 Å². The van der Waals surface area contributed by atoms with E-state index in [2.05, 4.69) is 6.07 Å². The van der Waals surface area contributed by atoms with Crippen LogP contribution in [0.5, 0.6) is 0 Å². The number of rotatable bonds is 3. The zero-order chi connectivity index (χ0) is 17.3. The van der Waals surface area contributed by atoms with Crippen molar-refractivity contribution in [2.75, 3.05) is 0 Å². The molecule has 122 valence electrons. The lowest BCUT2D eigenvalue weighted by atomic mass is 9.98. The topological polar surface area (TPSA) is 34.1 Å².